The predicted octanol–water partition coefficient (Wildman–Crippen LogP) is 4.11. The van der Waals surface area contributed by atoms with Crippen LogP contribution in [0.4, 0.5) is 0 Å². The smallest absolute Gasteiger partial charge is 0.122 e. The van der Waals surface area contributed by atoms with Crippen molar-refractivity contribution in [2.75, 3.05) is 19.3 Å². The summed E-state index contributed by atoms with van der Waals surface area (Å²) in [5.74, 6) is 5.14. The normalized spacial score (nSPS) is 18.3. The molecule has 0 N–H and O–H groups in total. The van der Waals surface area contributed by atoms with Gasteiger partial charge in [0.05, 0.1) is 0 Å². The highest BCUT2D eigenvalue weighted by Gasteiger charge is 2.20. The van der Waals surface area contributed by atoms with Crippen LogP contribution in [-0.2, 0) is 0 Å². The molecule has 1 aliphatic rings. The first-order valence-corrected chi connectivity index (χ1v) is 8.85. The quantitative estimate of drug-likeness (QED) is 0.773. The van der Waals surface area contributed by atoms with Crippen LogP contribution in [0.1, 0.15) is 32.3 Å². The Bertz CT molecular complexity index is 397. The molecule has 0 saturated carbocycles. The number of aryl methyl sites for hydroxylation is 1. The van der Waals surface area contributed by atoms with Gasteiger partial charge in [-0.1, -0.05) is 37.9 Å². The molecule has 0 spiro atoms. The molecule has 1 unspecified atom stereocenters. The van der Waals surface area contributed by atoms with Gasteiger partial charge >= 0.3 is 0 Å². The minimum Gasteiger partial charge on any atom is -0.490 e. The lowest BCUT2D eigenvalue weighted by Crippen LogP contribution is -2.35. The summed E-state index contributed by atoms with van der Waals surface area (Å²) in [4.78, 5) is 0. The van der Waals surface area contributed by atoms with E-state index in [0.29, 0.717) is 6.10 Å². The maximum atomic E-state index is 6.07. The maximum absolute atomic E-state index is 6.07. The Morgan fingerprint density at radius 2 is 1.79 bits per heavy atom. The molecule has 0 radical (unpaired) electrons. The zero-order valence-corrected chi connectivity index (χ0v) is 13.5. The summed E-state index contributed by atoms with van der Waals surface area (Å²) >= 11 is 0. The van der Waals surface area contributed by atoms with E-state index in [1.807, 2.05) is 19.9 Å². The monoisotopic (exact) mass is 281 g/mol. The van der Waals surface area contributed by atoms with Gasteiger partial charge in [-0.2, -0.15) is 0 Å². The van der Waals surface area contributed by atoms with Gasteiger partial charge < -0.3 is 4.74 Å². The second kappa shape index (κ2) is 8.39. The number of benzene rings is 1. The molecule has 1 atom stereocenters. The van der Waals surface area contributed by atoms with E-state index in [-0.39, 0.29) is 10.7 Å². The third-order valence-electron chi connectivity index (χ3n) is 3.23. The molecule has 108 valence electrons. The fourth-order valence-electron chi connectivity index (χ4n) is 2.13. The highest BCUT2D eigenvalue weighted by molar-refractivity contribution is 8.11. The minimum absolute atomic E-state index is 0.160. The number of ether oxygens (including phenoxy) is 1. The highest BCUT2D eigenvalue weighted by atomic mass is 32.2. The van der Waals surface area contributed by atoms with Crippen LogP contribution in [0.25, 0.3) is 0 Å². The van der Waals surface area contributed by atoms with Crippen molar-refractivity contribution in [3.63, 3.8) is 0 Å². The Morgan fingerprint density at radius 1 is 1.21 bits per heavy atom. The average Bonchev–Trinajstić information content (AvgIpc) is 2.44. The Balaban J connectivity index is 0.000000861. The molecule has 1 aliphatic heterocycles. The average molecular weight is 281 g/mol. The minimum atomic E-state index is 0.160. The molecule has 0 aliphatic carbocycles. The molecule has 3 heteroatoms. The van der Waals surface area contributed by atoms with Crippen LogP contribution < -0.4 is 4.74 Å². The summed E-state index contributed by atoms with van der Waals surface area (Å²) in [6.07, 6.45) is 4.78. The first-order valence-electron chi connectivity index (χ1n) is 7.10. The zero-order chi connectivity index (χ0) is 14.3. The van der Waals surface area contributed by atoms with Crippen LogP contribution in [0.3, 0.4) is 0 Å². The number of hydrogen-bond donors (Lipinski definition) is 0. The number of hydrogen-bond acceptors (Lipinski definition) is 2. The Hall–Kier alpha value is -0.800. The molecule has 2 nitrogen and oxygen atoms in total. The number of piperidine rings is 1. The molecule has 0 amide bonds. The predicted molar refractivity (Wildman–Crippen MR) is 88.4 cm³/mol. The summed E-state index contributed by atoms with van der Waals surface area (Å²) in [5, 5.41) is 0. The number of nitrogens with zero attached hydrogens (tertiary/aromatic N) is 1. The van der Waals surface area contributed by atoms with E-state index in [0.717, 1.165) is 31.7 Å². The number of para-hydroxylation sites is 1. The molecule has 1 aromatic rings. The van der Waals surface area contributed by atoms with Crippen molar-refractivity contribution in [1.29, 1.82) is 0 Å². The van der Waals surface area contributed by atoms with Gasteiger partial charge in [0.1, 0.15) is 11.9 Å². The lowest BCUT2D eigenvalue weighted by molar-refractivity contribution is 0.138. The summed E-state index contributed by atoms with van der Waals surface area (Å²) in [5.41, 5.74) is 1.22. The summed E-state index contributed by atoms with van der Waals surface area (Å²) in [6.45, 7) is 8.32. The van der Waals surface area contributed by atoms with E-state index in [4.69, 9.17) is 4.74 Å². The molecule has 1 saturated heterocycles. The van der Waals surface area contributed by atoms with E-state index >= 15 is 0 Å². The second-order valence-corrected chi connectivity index (χ2v) is 6.33. The summed E-state index contributed by atoms with van der Waals surface area (Å²) in [6, 6.07) is 8.25. The molecular formula is C16H27NOS. The molecule has 2 rings (SSSR count). The highest BCUT2D eigenvalue weighted by Crippen LogP contribution is 2.25. The Kier molecular flexibility index (Phi) is 7.17. The topological polar surface area (TPSA) is 12.5 Å². The van der Waals surface area contributed by atoms with Gasteiger partial charge in [0, 0.05) is 13.1 Å². The third-order valence-corrected chi connectivity index (χ3v) is 4.48. The molecular weight excluding hydrogens is 254 g/mol. The van der Waals surface area contributed by atoms with Crippen LogP contribution in [0, 0.1) is 6.92 Å². The zero-order valence-electron chi connectivity index (χ0n) is 12.7. The molecule has 1 fully saturated rings. The van der Waals surface area contributed by atoms with Crippen molar-refractivity contribution in [1.82, 2.24) is 4.31 Å². The van der Waals surface area contributed by atoms with E-state index in [2.05, 4.69) is 41.6 Å². The lowest BCUT2D eigenvalue weighted by Gasteiger charge is -2.32. The summed E-state index contributed by atoms with van der Waals surface area (Å²) < 4.78 is 8.51. The van der Waals surface area contributed by atoms with Crippen LogP contribution in [0.15, 0.2) is 24.3 Å². The van der Waals surface area contributed by atoms with Crippen molar-refractivity contribution in [2.45, 2.75) is 39.7 Å². The Morgan fingerprint density at radius 3 is 2.32 bits per heavy atom. The van der Waals surface area contributed by atoms with Crippen LogP contribution in [0.2, 0.25) is 0 Å². The van der Waals surface area contributed by atoms with Gasteiger partial charge in [-0.05, 0) is 37.7 Å². The van der Waals surface area contributed by atoms with Gasteiger partial charge in [0.15, 0.2) is 0 Å². The first kappa shape index (κ1) is 16.3. The fraction of sp³-hybridized carbons (Fsp3) is 0.562. The molecule has 19 heavy (non-hydrogen) atoms. The largest absolute Gasteiger partial charge is 0.490 e. The van der Waals surface area contributed by atoms with Crippen molar-refractivity contribution in [2.24, 2.45) is 0 Å². The first-order chi connectivity index (χ1) is 9.16. The van der Waals surface area contributed by atoms with E-state index < -0.39 is 0 Å². The van der Waals surface area contributed by atoms with Crippen LogP contribution in [0.5, 0.6) is 5.75 Å². The van der Waals surface area contributed by atoms with Gasteiger partial charge in [-0.3, -0.25) is 4.31 Å². The molecule has 0 bridgehead atoms. The second-order valence-electron chi connectivity index (χ2n) is 4.61. The van der Waals surface area contributed by atoms with Gasteiger partial charge in [-0.15, -0.1) is 10.7 Å². The molecule has 0 aromatic heterocycles. The maximum Gasteiger partial charge on any atom is 0.122 e. The Labute approximate surface area is 120 Å². The molecule has 1 aromatic carbocycles. The van der Waals surface area contributed by atoms with Gasteiger partial charge in [0.2, 0.25) is 0 Å². The van der Waals surface area contributed by atoms with E-state index in [1.54, 1.807) is 0 Å². The van der Waals surface area contributed by atoms with Crippen LogP contribution >= 0.6 is 10.7 Å². The fourth-order valence-corrected chi connectivity index (χ4v) is 2.96. The van der Waals surface area contributed by atoms with Crippen molar-refractivity contribution in [3.05, 3.63) is 29.8 Å². The van der Waals surface area contributed by atoms with Gasteiger partial charge in [0.25, 0.3) is 0 Å². The van der Waals surface area contributed by atoms with E-state index in [1.165, 1.54) is 5.56 Å². The lowest BCUT2D eigenvalue weighted by atomic mass is 10.1. The standard InChI is InChI=1S/C14H21NOS.C2H6/c1-12-6-4-5-7-14(12)16-13-8-10-15(11-9-13)17(2)3;1-2/h4-7,13H,2,8-11H2,1,3H3;1-2H3. The molecule has 1 heterocycles. The number of rotatable bonds is 3. The third kappa shape index (κ3) is 5.00. The SMILES string of the molecule is C=S(C)N1CCC(Oc2ccccc2C)CC1.CC. The van der Waals surface area contributed by atoms with Gasteiger partial charge in [-0.25, -0.2) is 0 Å². The van der Waals surface area contributed by atoms with Crippen molar-refractivity contribution >= 4 is 16.5 Å². The van der Waals surface area contributed by atoms with E-state index in [9.17, 15) is 0 Å². The van der Waals surface area contributed by atoms with Crippen LogP contribution in [-0.4, -0.2) is 35.6 Å². The van der Waals surface area contributed by atoms with Crippen molar-refractivity contribution < 1.29 is 4.74 Å². The van der Waals surface area contributed by atoms with Crippen molar-refractivity contribution in [3.8, 4) is 5.75 Å². The summed E-state index contributed by atoms with van der Waals surface area (Å²) in [7, 11) is 0.160.